The molecular formula is C13H17N3. The van der Waals surface area contributed by atoms with Gasteiger partial charge in [0.1, 0.15) is 0 Å². The van der Waals surface area contributed by atoms with Gasteiger partial charge in [0.2, 0.25) is 0 Å². The van der Waals surface area contributed by atoms with Crippen molar-refractivity contribution in [3.63, 3.8) is 0 Å². The van der Waals surface area contributed by atoms with Crippen LogP contribution in [0.4, 0.5) is 0 Å². The maximum atomic E-state index is 4.55. The van der Waals surface area contributed by atoms with Crippen LogP contribution in [0, 0.1) is 6.92 Å². The van der Waals surface area contributed by atoms with Gasteiger partial charge in [-0.15, -0.1) is 0 Å². The van der Waals surface area contributed by atoms with E-state index in [9.17, 15) is 0 Å². The fourth-order valence-electron chi connectivity index (χ4n) is 1.72. The molecule has 0 aliphatic heterocycles. The molecule has 2 aromatic rings. The lowest BCUT2D eigenvalue weighted by Gasteiger charge is -1.99. The van der Waals surface area contributed by atoms with Crippen LogP contribution in [0.1, 0.15) is 24.7 Å². The van der Waals surface area contributed by atoms with E-state index >= 15 is 0 Å². The van der Waals surface area contributed by atoms with Gasteiger partial charge in [0, 0.05) is 19.0 Å². The predicted octanol–water partition coefficient (Wildman–Crippen LogP) is 2.74. The molecule has 3 heteroatoms. The maximum absolute atomic E-state index is 4.55. The highest BCUT2D eigenvalue weighted by Gasteiger charge is 2.08. The largest absolute Gasteiger partial charge is 0.249 e. The number of hydrogen-bond acceptors (Lipinski definition) is 2. The summed E-state index contributed by atoms with van der Waals surface area (Å²) in [4.78, 5) is 4.55. The summed E-state index contributed by atoms with van der Waals surface area (Å²) in [7, 11) is 1.95. The number of nitrogens with zero attached hydrogens (tertiary/aromatic N) is 3. The summed E-state index contributed by atoms with van der Waals surface area (Å²) < 4.78 is 1.86. The molecule has 0 fully saturated rings. The number of aromatic nitrogens is 3. The standard InChI is InChI=1S/C13H17N3/c1-4-5-12-14-13(16(3)15-12)11-8-6-10(2)7-9-11/h6-9H,4-5H2,1-3H3. The van der Waals surface area contributed by atoms with Crippen LogP contribution in [0.2, 0.25) is 0 Å². The third-order valence-corrected chi connectivity index (χ3v) is 2.59. The van der Waals surface area contributed by atoms with Crippen molar-refractivity contribution >= 4 is 0 Å². The molecule has 0 aliphatic rings. The van der Waals surface area contributed by atoms with Crippen molar-refractivity contribution in [3.8, 4) is 11.4 Å². The maximum Gasteiger partial charge on any atom is 0.158 e. The van der Waals surface area contributed by atoms with Gasteiger partial charge in [-0.2, -0.15) is 5.10 Å². The lowest BCUT2D eigenvalue weighted by atomic mass is 10.1. The second-order valence-electron chi connectivity index (χ2n) is 4.09. The van der Waals surface area contributed by atoms with E-state index < -0.39 is 0 Å². The van der Waals surface area contributed by atoms with Gasteiger partial charge in [-0.25, -0.2) is 9.67 Å². The number of aryl methyl sites for hydroxylation is 3. The molecule has 0 atom stereocenters. The van der Waals surface area contributed by atoms with Gasteiger partial charge in [0.15, 0.2) is 11.6 Å². The Morgan fingerprint density at radius 1 is 1.19 bits per heavy atom. The van der Waals surface area contributed by atoms with Crippen molar-refractivity contribution in [1.82, 2.24) is 14.8 Å². The van der Waals surface area contributed by atoms with Crippen LogP contribution in [0.15, 0.2) is 24.3 Å². The van der Waals surface area contributed by atoms with Crippen molar-refractivity contribution in [2.45, 2.75) is 26.7 Å². The van der Waals surface area contributed by atoms with Crippen molar-refractivity contribution in [3.05, 3.63) is 35.7 Å². The smallest absolute Gasteiger partial charge is 0.158 e. The van der Waals surface area contributed by atoms with Gasteiger partial charge in [-0.1, -0.05) is 36.8 Å². The quantitative estimate of drug-likeness (QED) is 0.788. The summed E-state index contributed by atoms with van der Waals surface area (Å²) in [5, 5.41) is 4.40. The minimum absolute atomic E-state index is 0.931. The van der Waals surface area contributed by atoms with Gasteiger partial charge in [-0.05, 0) is 13.3 Å². The van der Waals surface area contributed by atoms with E-state index in [0.717, 1.165) is 30.1 Å². The van der Waals surface area contributed by atoms with Gasteiger partial charge >= 0.3 is 0 Å². The molecule has 0 N–H and O–H groups in total. The molecule has 0 saturated carbocycles. The third kappa shape index (κ3) is 2.13. The topological polar surface area (TPSA) is 30.7 Å². The van der Waals surface area contributed by atoms with Crippen LogP contribution in [-0.4, -0.2) is 14.8 Å². The fraction of sp³-hybridized carbons (Fsp3) is 0.385. The number of benzene rings is 1. The summed E-state index contributed by atoms with van der Waals surface area (Å²) in [5.41, 5.74) is 2.39. The van der Waals surface area contributed by atoms with Gasteiger partial charge in [0.25, 0.3) is 0 Å². The minimum Gasteiger partial charge on any atom is -0.249 e. The normalized spacial score (nSPS) is 10.7. The molecular weight excluding hydrogens is 198 g/mol. The van der Waals surface area contributed by atoms with Gasteiger partial charge in [0.05, 0.1) is 0 Å². The molecule has 3 nitrogen and oxygen atoms in total. The third-order valence-electron chi connectivity index (χ3n) is 2.59. The Hall–Kier alpha value is -1.64. The summed E-state index contributed by atoms with van der Waals surface area (Å²) in [5.74, 6) is 1.88. The van der Waals surface area contributed by atoms with Crippen LogP contribution in [0.25, 0.3) is 11.4 Å². The molecule has 0 amide bonds. The zero-order valence-electron chi connectivity index (χ0n) is 10.1. The van der Waals surface area contributed by atoms with E-state index in [-0.39, 0.29) is 0 Å². The SMILES string of the molecule is CCCc1nc(-c2ccc(C)cc2)n(C)n1. The Morgan fingerprint density at radius 3 is 2.50 bits per heavy atom. The molecule has 0 aliphatic carbocycles. The molecule has 84 valence electrons. The van der Waals surface area contributed by atoms with E-state index in [1.807, 2.05) is 11.7 Å². The molecule has 0 spiro atoms. The molecule has 0 radical (unpaired) electrons. The highest BCUT2D eigenvalue weighted by molar-refractivity contribution is 5.55. The zero-order valence-corrected chi connectivity index (χ0v) is 10.1. The number of hydrogen-bond donors (Lipinski definition) is 0. The summed E-state index contributed by atoms with van der Waals surface area (Å²) in [6.07, 6.45) is 2.02. The van der Waals surface area contributed by atoms with Crippen LogP contribution in [0.5, 0.6) is 0 Å². The highest BCUT2D eigenvalue weighted by atomic mass is 15.3. The van der Waals surface area contributed by atoms with Crippen molar-refractivity contribution < 1.29 is 0 Å². The molecule has 1 aromatic carbocycles. The fourth-order valence-corrected chi connectivity index (χ4v) is 1.72. The summed E-state index contributed by atoms with van der Waals surface area (Å²) >= 11 is 0. The monoisotopic (exact) mass is 215 g/mol. The van der Waals surface area contributed by atoms with Gasteiger partial charge in [-0.3, -0.25) is 0 Å². The zero-order chi connectivity index (χ0) is 11.5. The van der Waals surface area contributed by atoms with Crippen molar-refractivity contribution in [1.29, 1.82) is 0 Å². The number of rotatable bonds is 3. The Morgan fingerprint density at radius 2 is 1.88 bits per heavy atom. The van der Waals surface area contributed by atoms with Crippen LogP contribution in [0.3, 0.4) is 0 Å². The molecule has 0 bridgehead atoms. The van der Waals surface area contributed by atoms with Crippen molar-refractivity contribution in [2.24, 2.45) is 7.05 Å². The molecule has 16 heavy (non-hydrogen) atoms. The van der Waals surface area contributed by atoms with Crippen molar-refractivity contribution in [2.75, 3.05) is 0 Å². The first-order valence-electron chi connectivity index (χ1n) is 5.67. The van der Waals surface area contributed by atoms with Crippen LogP contribution in [-0.2, 0) is 13.5 Å². The second-order valence-corrected chi connectivity index (χ2v) is 4.09. The van der Waals surface area contributed by atoms with E-state index in [0.29, 0.717) is 0 Å². The molecule has 0 saturated heterocycles. The first kappa shape index (κ1) is 10.9. The van der Waals surface area contributed by atoms with E-state index in [1.54, 1.807) is 0 Å². The van der Waals surface area contributed by atoms with E-state index in [1.165, 1.54) is 5.56 Å². The lowest BCUT2D eigenvalue weighted by molar-refractivity contribution is 0.737. The van der Waals surface area contributed by atoms with Crippen LogP contribution >= 0.6 is 0 Å². The molecule has 1 aromatic heterocycles. The average molecular weight is 215 g/mol. The Kier molecular flexibility index (Phi) is 3.04. The first-order valence-corrected chi connectivity index (χ1v) is 5.67. The predicted molar refractivity (Wildman–Crippen MR) is 65.2 cm³/mol. The second kappa shape index (κ2) is 4.47. The summed E-state index contributed by atoms with van der Waals surface area (Å²) in [6, 6.07) is 8.39. The molecule has 2 rings (SSSR count). The Balaban J connectivity index is 2.36. The van der Waals surface area contributed by atoms with E-state index in [2.05, 4.69) is 48.2 Å². The molecule has 1 heterocycles. The van der Waals surface area contributed by atoms with Crippen LogP contribution < -0.4 is 0 Å². The first-order chi connectivity index (χ1) is 7.70. The Labute approximate surface area is 96.1 Å². The average Bonchev–Trinajstić information content (AvgIpc) is 2.61. The highest BCUT2D eigenvalue weighted by Crippen LogP contribution is 2.17. The summed E-state index contributed by atoms with van der Waals surface area (Å²) in [6.45, 7) is 4.23. The lowest BCUT2D eigenvalue weighted by Crippen LogP contribution is -1.94. The minimum atomic E-state index is 0.931. The Bertz CT molecular complexity index is 468. The molecule has 0 unspecified atom stereocenters. The van der Waals surface area contributed by atoms with Gasteiger partial charge < -0.3 is 0 Å². The van der Waals surface area contributed by atoms with E-state index in [4.69, 9.17) is 0 Å².